The molecule has 20 heavy (non-hydrogen) atoms. The first kappa shape index (κ1) is 14.1. The summed E-state index contributed by atoms with van der Waals surface area (Å²) < 4.78 is 7.25. The Hall–Kier alpha value is -0.900. The first-order valence-electron chi connectivity index (χ1n) is 7.69. The Balaban J connectivity index is 1.75. The average molecular weight is 289 g/mol. The lowest BCUT2D eigenvalue weighted by Gasteiger charge is -2.07. The molecule has 0 saturated heterocycles. The molecule has 1 fully saturated rings. The molecular formula is C17H23NOS. The Morgan fingerprint density at radius 3 is 2.95 bits per heavy atom. The summed E-state index contributed by atoms with van der Waals surface area (Å²) in [5.74, 6) is 0. The zero-order chi connectivity index (χ0) is 13.8. The second kappa shape index (κ2) is 6.70. The van der Waals surface area contributed by atoms with Gasteiger partial charge in [0.25, 0.3) is 0 Å². The number of nitrogens with one attached hydrogen (secondary N) is 1. The molecule has 1 aromatic heterocycles. The van der Waals surface area contributed by atoms with Gasteiger partial charge in [0.2, 0.25) is 0 Å². The van der Waals surface area contributed by atoms with Crippen molar-refractivity contribution in [2.24, 2.45) is 0 Å². The van der Waals surface area contributed by atoms with Crippen LogP contribution < -0.4 is 5.32 Å². The molecule has 1 heterocycles. The minimum absolute atomic E-state index is 0.756. The van der Waals surface area contributed by atoms with Crippen LogP contribution in [0.5, 0.6) is 0 Å². The van der Waals surface area contributed by atoms with Gasteiger partial charge in [0.15, 0.2) is 0 Å². The summed E-state index contributed by atoms with van der Waals surface area (Å²) in [6.07, 6.45) is 5.03. The van der Waals surface area contributed by atoms with Crippen LogP contribution in [-0.2, 0) is 17.9 Å². The van der Waals surface area contributed by atoms with Gasteiger partial charge in [0, 0.05) is 34.3 Å². The van der Waals surface area contributed by atoms with Crippen LogP contribution in [-0.4, -0.2) is 12.6 Å². The Kier molecular flexibility index (Phi) is 4.71. The molecule has 2 nitrogen and oxygen atoms in total. The van der Waals surface area contributed by atoms with Crippen molar-refractivity contribution in [3.05, 3.63) is 34.7 Å². The third-order valence-electron chi connectivity index (χ3n) is 3.80. The van der Waals surface area contributed by atoms with E-state index in [4.69, 9.17) is 4.74 Å². The van der Waals surface area contributed by atoms with Crippen molar-refractivity contribution in [3.63, 3.8) is 0 Å². The topological polar surface area (TPSA) is 21.3 Å². The highest BCUT2D eigenvalue weighted by Gasteiger charge is 2.21. The van der Waals surface area contributed by atoms with E-state index >= 15 is 0 Å². The fourth-order valence-corrected chi connectivity index (χ4v) is 3.56. The number of thiophene rings is 1. The zero-order valence-electron chi connectivity index (χ0n) is 12.2. The summed E-state index contributed by atoms with van der Waals surface area (Å²) in [4.78, 5) is 1.45. The summed E-state index contributed by atoms with van der Waals surface area (Å²) in [6.45, 7) is 4.83. The third kappa shape index (κ3) is 3.40. The van der Waals surface area contributed by atoms with Gasteiger partial charge in [-0.3, -0.25) is 0 Å². The smallest absolute Gasteiger partial charge is 0.0734 e. The van der Waals surface area contributed by atoms with Crippen LogP contribution in [0.4, 0.5) is 0 Å². The highest BCUT2D eigenvalue weighted by atomic mass is 32.1. The number of hydrogen-bond acceptors (Lipinski definition) is 3. The number of hydrogen-bond donors (Lipinski definition) is 1. The van der Waals surface area contributed by atoms with Gasteiger partial charge >= 0.3 is 0 Å². The van der Waals surface area contributed by atoms with Gasteiger partial charge in [-0.2, -0.15) is 0 Å². The third-order valence-corrected chi connectivity index (χ3v) is 5.01. The molecule has 1 saturated carbocycles. The summed E-state index contributed by atoms with van der Waals surface area (Å²) in [6, 6.07) is 9.46. The highest BCUT2D eigenvalue weighted by molar-refractivity contribution is 7.19. The molecule has 3 heteroatoms. The molecule has 0 amide bonds. The second-order valence-electron chi connectivity index (χ2n) is 5.56. The molecule has 0 radical (unpaired) electrons. The van der Waals surface area contributed by atoms with Crippen LogP contribution in [0.15, 0.2) is 24.3 Å². The fraction of sp³-hybridized carbons (Fsp3) is 0.529. The van der Waals surface area contributed by atoms with Crippen LogP contribution in [0, 0.1) is 0 Å². The van der Waals surface area contributed by atoms with Crippen molar-refractivity contribution in [1.82, 2.24) is 5.32 Å². The van der Waals surface area contributed by atoms with E-state index in [2.05, 4.69) is 36.5 Å². The normalized spacial score (nSPS) is 15.1. The van der Waals surface area contributed by atoms with Gasteiger partial charge in [-0.1, -0.05) is 31.5 Å². The van der Waals surface area contributed by atoms with Gasteiger partial charge < -0.3 is 10.1 Å². The standard InChI is InChI=1S/C17H23NOS/c1-2-3-10-19-12-15-14-6-4-5-7-16(14)20-17(15)11-18-13-8-9-13/h4-7,13,18H,2-3,8-12H2,1H3. The molecule has 108 valence electrons. The molecule has 0 atom stereocenters. The van der Waals surface area contributed by atoms with E-state index in [9.17, 15) is 0 Å². The largest absolute Gasteiger partial charge is 0.377 e. The van der Waals surface area contributed by atoms with Crippen molar-refractivity contribution in [3.8, 4) is 0 Å². The predicted octanol–water partition coefficient (Wildman–Crippen LogP) is 4.47. The molecule has 0 unspecified atom stereocenters. The SMILES string of the molecule is CCCCOCc1c(CNC2CC2)sc2ccccc12. The fourth-order valence-electron chi connectivity index (χ4n) is 2.40. The maximum absolute atomic E-state index is 5.87. The van der Waals surface area contributed by atoms with E-state index in [1.165, 1.54) is 39.8 Å². The second-order valence-corrected chi connectivity index (χ2v) is 6.70. The molecule has 0 aliphatic heterocycles. The minimum atomic E-state index is 0.756. The maximum Gasteiger partial charge on any atom is 0.0734 e. The van der Waals surface area contributed by atoms with Crippen molar-refractivity contribution in [2.45, 2.75) is 51.8 Å². The monoisotopic (exact) mass is 289 g/mol. The predicted molar refractivity (Wildman–Crippen MR) is 86.3 cm³/mol. The summed E-state index contributed by atoms with van der Waals surface area (Å²) in [5.41, 5.74) is 1.40. The summed E-state index contributed by atoms with van der Waals surface area (Å²) >= 11 is 1.91. The Bertz CT molecular complexity index is 559. The van der Waals surface area contributed by atoms with Gasteiger partial charge in [-0.25, -0.2) is 0 Å². The van der Waals surface area contributed by atoms with E-state index < -0.39 is 0 Å². The van der Waals surface area contributed by atoms with Gasteiger partial charge in [-0.05, 0) is 30.7 Å². The quantitative estimate of drug-likeness (QED) is 0.724. The molecular weight excluding hydrogens is 266 g/mol. The van der Waals surface area contributed by atoms with E-state index in [0.29, 0.717) is 0 Å². The number of benzene rings is 1. The van der Waals surface area contributed by atoms with E-state index in [1.807, 2.05) is 11.3 Å². The lowest BCUT2D eigenvalue weighted by molar-refractivity contribution is 0.118. The van der Waals surface area contributed by atoms with Crippen LogP contribution in [0.2, 0.25) is 0 Å². The van der Waals surface area contributed by atoms with Crippen molar-refractivity contribution >= 4 is 21.4 Å². The minimum Gasteiger partial charge on any atom is -0.377 e. The first-order valence-corrected chi connectivity index (χ1v) is 8.50. The van der Waals surface area contributed by atoms with E-state index in [0.717, 1.165) is 32.2 Å². The van der Waals surface area contributed by atoms with Crippen LogP contribution >= 0.6 is 11.3 Å². The van der Waals surface area contributed by atoms with Gasteiger partial charge in [0.1, 0.15) is 0 Å². The van der Waals surface area contributed by atoms with Crippen LogP contribution in [0.1, 0.15) is 43.0 Å². The molecule has 2 aromatic rings. The lowest BCUT2D eigenvalue weighted by atomic mass is 10.1. The Labute approximate surface area is 125 Å². The number of rotatable bonds is 8. The lowest BCUT2D eigenvalue weighted by Crippen LogP contribution is -2.15. The van der Waals surface area contributed by atoms with E-state index in [1.54, 1.807) is 0 Å². The molecule has 0 spiro atoms. The average Bonchev–Trinajstić information content (AvgIpc) is 3.23. The first-order chi connectivity index (χ1) is 9.88. The molecule has 1 aromatic carbocycles. The number of ether oxygens (including phenoxy) is 1. The summed E-state index contributed by atoms with van der Waals surface area (Å²) in [5, 5.41) is 5.01. The molecule has 0 bridgehead atoms. The molecule has 3 rings (SSSR count). The Morgan fingerprint density at radius 1 is 1.30 bits per heavy atom. The summed E-state index contributed by atoms with van der Waals surface area (Å²) in [7, 11) is 0. The van der Waals surface area contributed by atoms with Gasteiger partial charge in [0.05, 0.1) is 6.61 Å². The van der Waals surface area contributed by atoms with Crippen molar-refractivity contribution < 1.29 is 4.74 Å². The van der Waals surface area contributed by atoms with Crippen molar-refractivity contribution in [1.29, 1.82) is 0 Å². The molecule has 1 aliphatic rings. The van der Waals surface area contributed by atoms with E-state index in [-0.39, 0.29) is 0 Å². The maximum atomic E-state index is 5.87. The zero-order valence-corrected chi connectivity index (χ0v) is 13.0. The van der Waals surface area contributed by atoms with Crippen LogP contribution in [0.25, 0.3) is 10.1 Å². The highest BCUT2D eigenvalue weighted by Crippen LogP contribution is 2.32. The van der Waals surface area contributed by atoms with Crippen LogP contribution in [0.3, 0.4) is 0 Å². The number of unbranched alkanes of at least 4 members (excludes halogenated alkanes) is 1. The molecule has 1 N–H and O–H groups in total. The molecule has 1 aliphatic carbocycles. The van der Waals surface area contributed by atoms with Gasteiger partial charge in [-0.15, -0.1) is 11.3 Å². The number of fused-ring (bicyclic) bond motifs is 1. The van der Waals surface area contributed by atoms with Crippen molar-refractivity contribution in [2.75, 3.05) is 6.61 Å². The Morgan fingerprint density at radius 2 is 2.15 bits per heavy atom.